The van der Waals surface area contributed by atoms with Gasteiger partial charge in [-0.25, -0.2) is 9.59 Å². The van der Waals surface area contributed by atoms with E-state index in [2.05, 4.69) is 0 Å². The lowest BCUT2D eigenvalue weighted by molar-refractivity contribution is 0.0726. The number of carbonyl (C=O) groups is 2. The number of esters is 2. The standard InChI is InChI=1S/C30H22O4/c1-19-17-25-26(18-20(19)2)28(34-30(32)22-13-7-4-8-14-22)24-16-10-9-15-23(24)27(25)33-29(31)21-11-5-3-6-12-21/h3-18H,1-2H3. The molecule has 0 saturated carbocycles. The Morgan fingerprint density at radius 1 is 0.500 bits per heavy atom. The van der Waals surface area contributed by atoms with Crippen molar-refractivity contribution in [3.8, 4) is 11.5 Å². The monoisotopic (exact) mass is 446 g/mol. The summed E-state index contributed by atoms with van der Waals surface area (Å²) in [6.45, 7) is 4.00. The molecule has 0 amide bonds. The Labute approximate surface area is 197 Å². The fourth-order valence-corrected chi connectivity index (χ4v) is 4.03. The second kappa shape index (κ2) is 8.83. The second-order valence-electron chi connectivity index (χ2n) is 8.20. The molecule has 0 aliphatic heterocycles. The van der Waals surface area contributed by atoms with E-state index in [1.807, 2.05) is 62.4 Å². The molecule has 5 aromatic carbocycles. The van der Waals surface area contributed by atoms with Crippen LogP contribution < -0.4 is 9.47 Å². The Balaban J connectivity index is 1.73. The Bertz CT molecular complexity index is 1420. The van der Waals surface area contributed by atoms with Gasteiger partial charge in [-0.1, -0.05) is 60.7 Å². The molecule has 4 nitrogen and oxygen atoms in total. The van der Waals surface area contributed by atoms with Crippen molar-refractivity contribution in [2.45, 2.75) is 13.8 Å². The summed E-state index contributed by atoms with van der Waals surface area (Å²) in [5.74, 6) is 0.00255. The Morgan fingerprint density at radius 3 is 1.24 bits per heavy atom. The molecule has 0 saturated heterocycles. The molecule has 0 N–H and O–H groups in total. The van der Waals surface area contributed by atoms with Crippen LogP contribution >= 0.6 is 0 Å². The summed E-state index contributed by atoms with van der Waals surface area (Å²) in [5, 5.41) is 2.81. The predicted molar refractivity (Wildman–Crippen MR) is 134 cm³/mol. The van der Waals surface area contributed by atoms with E-state index in [0.29, 0.717) is 44.2 Å². The van der Waals surface area contributed by atoms with Gasteiger partial charge in [0.2, 0.25) is 0 Å². The van der Waals surface area contributed by atoms with E-state index in [4.69, 9.17) is 9.47 Å². The first kappa shape index (κ1) is 21.4. The molecule has 166 valence electrons. The van der Waals surface area contributed by atoms with Crippen LogP contribution in [0.2, 0.25) is 0 Å². The van der Waals surface area contributed by atoms with Gasteiger partial charge in [-0.3, -0.25) is 0 Å². The number of carbonyl (C=O) groups excluding carboxylic acids is 2. The maximum absolute atomic E-state index is 13.0. The van der Waals surface area contributed by atoms with Crippen LogP contribution in [0, 0.1) is 13.8 Å². The summed E-state index contributed by atoms with van der Waals surface area (Å²) in [5.41, 5.74) is 3.01. The maximum atomic E-state index is 13.0. The van der Waals surface area contributed by atoms with Gasteiger partial charge in [-0.05, 0) is 61.4 Å². The number of hydrogen-bond acceptors (Lipinski definition) is 4. The Kier molecular flexibility index (Phi) is 5.56. The van der Waals surface area contributed by atoms with Crippen molar-refractivity contribution < 1.29 is 19.1 Å². The van der Waals surface area contributed by atoms with Gasteiger partial charge in [0.05, 0.1) is 11.1 Å². The average molecular weight is 447 g/mol. The molecule has 0 heterocycles. The third-order valence-corrected chi connectivity index (χ3v) is 5.95. The molecule has 0 fully saturated rings. The lowest BCUT2D eigenvalue weighted by Gasteiger charge is -2.18. The van der Waals surface area contributed by atoms with Crippen molar-refractivity contribution >= 4 is 33.5 Å². The van der Waals surface area contributed by atoms with E-state index in [9.17, 15) is 9.59 Å². The molecule has 4 heteroatoms. The fraction of sp³-hybridized carbons (Fsp3) is 0.0667. The quantitative estimate of drug-likeness (QED) is 0.169. The smallest absolute Gasteiger partial charge is 0.343 e. The highest BCUT2D eigenvalue weighted by atomic mass is 16.5. The largest absolute Gasteiger partial charge is 0.422 e. The van der Waals surface area contributed by atoms with Gasteiger partial charge in [0.15, 0.2) is 0 Å². The minimum Gasteiger partial charge on any atom is -0.422 e. The molecular formula is C30H22O4. The number of hydrogen-bond donors (Lipinski definition) is 0. The van der Waals surface area contributed by atoms with Crippen molar-refractivity contribution in [1.82, 2.24) is 0 Å². The molecule has 0 spiro atoms. The Hall–Kier alpha value is -4.44. The molecular weight excluding hydrogens is 424 g/mol. The van der Waals surface area contributed by atoms with E-state index in [1.165, 1.54) is 0 Å². The number of fused-ring (bicyclic) bond motifs is 2. The summed E-state index contributed by atoms with van der Waals surface area (Å²) in [4.78, 5) is 26.0. The van der Waals surface area contributed by atoms with E-state index in [0.717, 1.165) is 11.1 Å². The topological polar surface area (TPSA) is 52.6 Å². The van der Waals surface area contributed by atoms with Crippen molar-refractivity contribution in [2.24, 2.45) is 0 Å². The van der Waals surface area contributed by atoms with Gasteiger partial charge < -0.3 is 9.47 Å². The Morgan fingerprint density at radius 2 is 0.853 bits per heavy atom. The molecule has 0 bridgehead atoms. The number of rotatable bonds is 4. The van der Waals surface area contributed by atoms with Gasteiger partial charge in [-0.15, -0.1) is 0 Å². The van der Waals surface area contributed by atoms with Crippen LogP contribution in [0.1, 0.15) is 31.8 Å². The first-order valence-electron chi connectivity index (χ1n) is 11.0. The molecule has 0 aromatic heterocycles. The van der Waals surface area contributed by atoms with Crippen LogP contribution in [0.4, 0.5) is 0 Å². The average Bonchev–Trinajstić information content (AvgIpc) is 2.88. The first-order valence-corrected chi connectivity index (χ1v) is 11.0. The van der Waals surface area contributed by atoms with Crippen LogP contribution in [0.25, 0.3) is 21.5 Å². The molecule has 34 heavy (non-hydrogen) atoms. The zero-order valence-electron chi connectivity index (χ0n) is 18.9. The van der Waals surface area contributed by atoms with Gasteiger partial charge in [-0.2, -0.15) is 0 Å². The van der Waals surface area contributed by atoms with E-state index in [1.54, 1.807) is 48.5 Å². The second-order valence-corrected chi connectivity index (χ2v) is 8.20. The summed E-state index contributed by atoms with van der Waals surface area (Å²) < 4.78 is 12.0. The molecule has 0 aliphatic rings. The highest BCUT2D eigenvalue weighted by Gasteiger charge is 2.22. The van der Waals surface area contributed by atoms with Crippen molar-refractivity contribution in [1.29, 1.82) is 0 Å². The normalized spacial score (nSPS) is 10.9. The molecule has 5 rings (SSSR count). The highest BCUT2D eigenvalue weighted by Crippen LogP contribution is 2.44. The third kappa shape index (κ3) is 3.90. The van der Waals surface area contributed by atoms with Gasteiger partial charge in [0.25, 0.3) is 0 Å². The lowest BCUT2D eigenvalue weighted by atomic mass is 9.96. The van der Waals surface area contributed by atoms with Crippen LogP contribution in [-0.4, -0.2) is 11.9 Å². The summed E-state index contributed by atoms with van der Waals surface area (Å²) in [7, 11) is 0. The maximum Gasteiger partial charge on any atom is 0.343 e. The lowest BCUT2D eigenvalue weighted by Crippen LogP contribution is -2.11. The minimum atomic E-state index is -0.445. The van der Waals surface area contributed by atoms with Crippen molar-refractivity contribution in [3.63, 3.8) is 0 Å². The predicted octanol–water partition coefficient (Wildman–Crippen LogP) is 7.05. The zero-order valence-corrected chi connectivity index (χ0v) is 18.9. The summed E-state index contributed by atoms with van der Waals surface area (Å²) in [6.07, 6.45) is 0. The number of benzene rings is 5. The number of aryl methyl sites for hydroxylation is 2. The molecule has 0 atom stereocenters. The summed E-state index contributed by atoms with van der Waals surface area (Å²) in [6, 6.07) is 29.2. The molecule has 5 aromatic rings. The molecule has 0 radical (unpaired) electrons. The fourth-order valence-electron chi connectivity index (χ4n) is 4.03. The first-order chi connectivity index (χ1) is 16.5. The SMILES string of the molecule is Cc1cc2c(OC(=O)c3ccccc3)c3ccccc3c(OC(=O)c3ccccc3)c2cc1C. The third-order valence-electron chi connectivity index (χ3n) is 5.95. The van der Waals surface area contributed by atoms with E-state index < -0.39 is 11.9 Å². The minimum absolute atomic E-state index is 0.445. The van der Waals surface area contributed by atoms with Gasteiger partial charge >= 0.3 is 11.9 Å². The van der Waals surface area contributed by atoms with E-state index in [-0.39, 0.29) is 0 Å². The molecule has 0 unspecified atom stereocenters. The van der Waals surface area contributed by atoms with Gasteiger partial charge in [0.1, 0.15) is 11.5 Å². The van der Waals surface area contributed by atoms with Crippen LogP contribution in [0.15, 0.2) is 97.1 Å². The van der Waals surface area contributed by atoms with Crippen LogP contribution in [-0.2, 0) is 0 Å². The highest BCUT2D eigenvalue weighted by molar-refractivity contribution is 6.14. The van der Waals surface area contributed by atoms with Crippen LogP contribution in [0.5, 0.6) is 11.5 Å². The van der Waals surface area contributed by atoms with Crippen LogP contribution in [0.3, 0.4) is 0 Å². The zero-order chi connectivity index (χ0) is 23.7. The van der Waals surface area contributed by atoms with Gasteiger partial charge in [0, 0.05) is 21.5 Å². The van der Waals surface area contributed by atoms with E-state index >= 15 is 0 Å². The number of ether oxygens (including phenoxy) is 2. The van der Waals surface area contributed by atoms with Crippen molar-refractivity contribution in [3.05, 3.63) is 119 Å². The van der Waals surface area contributed by atoms with Crippen molar-refractivity contribution in [2.75, 3.05) is 0 Å². The summed E-state index contributed by atoms with van der Waals surface area (Å²) >= 11 is 0. The molecule has 0 aliphatic carbocycles.